The minimum absolute atomic E-state index is 0.0245. The van der Waals surface area contributed by atoms with Crippen molar-refractivity contribution >= 4 is 35.2 Å². The fourth-order valence-electron chi connectivity index (χ4n) is 3.28. The first-order valence-electron chi connectivity index (χ1n) is 10.3. The molecule has 178 valence electrons. The summed E-state index contributed by atoms with van der Waals surface area (Å²) in [5.41, 5.74) is 1.35. The number of nitrogens with zero attached hydrogens (tertiary/aromatic N) is 4. The number of benzene rings is 2. The number of carboxylic acid groups (broad SMARTS) is 1. The Morgan fingerprint density at radius 2 is 1.86 bits per heavy atom. The van der Waals surface area contributed by atoms with Crippen LogP contribution in [0, 0.1) is 5.82 Å². The molecule has 1 atom stereocenters. The van der Waals surface area contributed by atoms with E-state index in [9.17, 15) is 18.8 Å². The van der Waals surface area contributed by atoms with Crippen molar-refractivity contribution < 1.29 is 23.9 Å². The Morgan fingerprint density at radius 1 is 1.11 bits per heavy atom. The van der Waals surface area contributed by atoms with E-state index >= 15 is 0 Å². The summed E-state index contributed by atoms with van der Waals surface area (Å²) in [6.07, 6.45) is 1.20. The number of aromatic nitrogens is 4. The van der Waals surface area contributed by atoms with Gasteiger partial charge in [0.05, 0.1) is 16.6 Å². The fourth-order valence-corrected chi connectivity index (χ4v) is 3.48. The van der Waals surface area contributed by atoms with Crippen LogP contribution in [0.25, 0.3) is 5.78 Å². The third-order valence-electron chi connectivity index (χ3n) is 5.16. The van der Waals surface area contributed by atoms with Crippen molar-refractivity contribution in [3.8, 4) is 0 Å². The molecule has 0 aliphatic rings. The zero-order valence-corrected chi connectivity index (χ0v) is 19.0. The summed E-state index contributed by atoms with van der Waals surface area (Å²) in [6, 6.07) is 11.0. The van der Waals surface area contributed by atoms with Crippen molar-refractivity contribution in [3.63, 3.8) is 0 Å². The molecule has 0 unspecified atom stereocenters. The van der Waals surface area contributed by atoms with E-state index in [1.807, 2.05) is 0 Å². The lowest BCUT2D eigenvalue weighted by Gasteiger charge is -2.15. The number of carbonyl (C=O) groups excluding carboxylic acids is 2. The standard InChI is InChI=1S/C23H18ClFN6O4/c1-12(14-3-5-15(6-4-14)22(34)35)29-21(33)19-9-18(30-23-27-11-28-31(19)23)20(32)26-10-13-2-7-17(25)16(24)8-13/h2-9,11-12H,10H2,1H3,(H,26,32)(H,29,33)(H,34,35)/t12-/m0/s1. The maximum atomic E-state index is 13.3. The summed E-state index contributed by atoms with van der Waals surface area (Å²) in [5, 5.41) is 18.4. The number of hydrogen-bond acceptors (Lipinski definition) is 6. The highest BCUT2D eigenvalue weighted by molar-refractivity contribution is 6.30. The normalized spacial score (nSPS) is 11.7. The number of amides is 2. The molecule has 35 heavy (non-hydrogen) atoms. The number of aromatic carboxylic acids is 1. The zero-order valence-electron chi connectivity index (χ0n) is 18.2. The van der Waals surface area contributed by atoms with E-state index in [0.29, 0.717) is 11.1 Å². The molecule has 3 N–H and O–H groups in total. The van der Waals surface area contributed by atoms with E-state index in [2.05, 4.69) is 25.7 Å². The summed E-state index contributed by atoms with van der Waals surface area (Å²) in [7, 11) is 0. The zero-order chi connectivity index (χ0) is 25.1. The summed E-state index contributed by atoms with van der Waals surface area (Å²) < 4.78 is 14.5. The van der Waals surface area contributed by atoms with Gasteiger partial charge in [-0.3, -0.25) is 9.59 Å². The van der Waals surface area contributed by atoms with Gasteiger partial charge in [-0.15, -0.1) is 0 Å². The van der Waals surface area contributed by atoms with Crippen LogP contribution in [0.1, 0.15) is 55.4 Å². The topological polar surface area (TPSA) is 139 Å². The van der Waals surface area contributed by atoms with Gasteiger partial charge < -0.3 is 15.7 Å². The molecule has 4 aromatic rings. The van der Waals surface area contributed by atoms with Crippen molar-refractivity contribution in [2.24, 2.45) is 0 Å². The Balaban J connectivity index is 1.53. The summed E-state index contributed by atoms with van der Waals surface area (Å²) >= 11 is 5.77. The van der Waals surface area contributed by atoms with Crippen LogP contribution in [-0.2, 0) is 6.54 Å². The van der Waals surface area contributed by atoms with Crippen molar-refractivity contribution in [1.29, 1.82) is 0 Å². The molecule has 2 aromatic carbocycles. The lowest BCUT2D eigenvalue weighted by Crippen LogP contribution is -2.30. The largest absolute Gasteiger partial charge is 0.478 e. The molecule has 2 amide bonds. The van der Waals surface area contributed by atoms with Gasteiger partial charge in [0.2, 0.25) is 0 Å². The molecule has 0 bridgehead atoms. The number of halogens is 2. The number of carbonyl (C=O) groups is 3. The third-order valence-corrected chi connectivity index (χ3v) is 5.45. The number of carboxylic acids is 1. The molecule has 0 aliphatic heterocycles. The van der Waals surface area contributed by atoms with E-state index in [1.165, 1.54) is 47.2 Å². The molecule has 2 aromatic heterocycles. The van der Waals surface area contributed by atoms with Gasteiger partial charge in [0.15, 0.2) is 0 Å². The van der Waals surface area contributed by atoms with Crippen LogP contribution < -0.4 is 10.6 Å². The second kappa shape index (κ2) is 9.85. The predicted octanol–water partition coefficient (Wildman–Crippen LogP) is 3.04. The first kappa shape index (κ1) is 23.8. The second-order valence-corrected chi connectivity index (χ2v) is 7.96. The SMILES string of the molecule is C[C@H](NC(=O)c1cc(C(=O)NCc2ccc(F)c(Cl)c2)nc2ncnn12)c1ccc(C(=O)O)cc1. The Kier molecular flexibility index (Phi) is 6.69. The molecule has 0 saturated heterocycles. The van der Waals surface area contributed by atoms with E-state index in [4.69, 9.17) is 16.7 Å². The smallest absolute Gasteiger partial charge is 0.335 e. The van der Waals surface area contributed by atoms with Gasteiger partial charge in [0.1, 0.15) is 23.5 Å². The number of rotatable bonds is 7. The Morgan fingerprint density at radius 3 is 2.54 bits per heavy atom. The molecule has 0 aliphatic carbocycles. The second-order valence-electron chi connectivity index (χ2n) is 7.55. The maximum Gasteiger partial charge on any atom is 0.335 e. The lowest BCUT2D eigenvalue weighted by molar-refractivity contribution is 0.0696. The molecule has 12 heteroatoms. The maximum absolute atomic E-state index is 13.3. The van der Waals surface area contributed by atoms with Crippen LogP contribution in [0.4, 0.5) is 4.39 Å². The van der Waals surface area contributed by atoms with Crippen molar-refractivity contribution in [1.82, 2.24) is 30.2 Å². The Bertz CT molecular complexity index is 1440. The van der Waals surface area contributed by atoms with Crippen LogP contribution in [0.15, 0.2) is 54.9 Å². The Labute approximate surface area is 202 Å². The first-order valence-corrected chi connectivity index (χ1v) is 10.7. The van der Waals surface area contributed by atoms with Crippen LogP contribution in [0.5, 0.6) is 0 Å². The molecular weight excluding hydrogens is 479 g/mol. The Hall–Kier alpha value is -4.38. The van der Waals surface area contributed by atoms with Crippen LogP contribution in [0.2, 0.25) is 5.02 Å². The lowest BCUT2D eigenvalue weighted by atomic mass is 10.1. The highest BCUT2D eigenvalue weighted by Crippen LogP contribution is 2.17. The van der Waals surface area contributed by atoms with Gasteiger partial charge in [-0.1, -0.05) is 29.8 Å². The van der Waals surface area contributed by atoms with E-state index in [0.717, 1.165) is 0 Å². The molecule has 0 radical (unpaired) electrons. The molecule has 10 nitrogen and oxygen atoms in total. The number of nitrogens with one attached hydrogen (secondary N) is 2. The van der Waals surface area contributed by atoms with E-state index in [1.54, 1.807) is 19.1 Å². The molecule has 2 heterocycles. The summed E-state index contributed by atoms with van der Waals surface area (Å²) in [6.45, 7) is 1.79. The average molecular weight is 497 g/mol. The fraction of sp³-hybridized carbons (Fsp3) is 0.130. The molecule has 0 spiro atoms. The quantitative estimate of drug-likeness (QED) is 0.357. The van der Waals surface area contributed by atoms with Gasteiger partial charge in [-0.25, -0.2) is 14.2 Å². The van der Waals surface area contributed by atoms with Crippen LogP contribution in [-0.4, -0.2) is 42.5 Å². The van der Waals surface area contributed by atoms with Gasteiger partial charge in [-0.05, 0) is 42.3 Å². The number of fused-ring (bicyclic) bond motifs is 1. The monoisotopic (exact) mass is 496 g/mol. The molecule has 0 fully saturated rings. The third kappa shape index (κ3) is 5.25. The van der Waals surface area contributed by atoms with E-state index in [-0.39, 0.29) is 34.3 Å². The first-order chi connectivity index (χ1) is 16.7. The van der Waals surface area contributed by atoms with E-state index < -0.39 is 29.6 Å². The summed E-state index contributed by atoms with van der Waals surface area (Å²) in [5.74, 6) is -2.69. The van der Waals surface area contributed by atoms with Gasteiger partial charge >= 0.3 is 5.97 Å². The van der Waals surface area contributed by atoms with Crippen LogP contribution >= 0.6 is 11.6 Å². The van der Waals surface area contributed by atoms with Crippen molar-refractivity contribution in [2.75, 3.05) is 0 Å². The number of hydrogen-bond donors (Lipinski definition) is 3. The molecular formula is C23H18ClFN6O4. The minimum atomic E-state index is -1.05. The van der Waals surface area contributed by atoms with Crippen molar-refractivity contribution in [2.45, 2.75) is 19.5 Å². The highest BCUT2D eigenvalue weighted by atomic mass is 35.5. The van der Waals surface area contributed by atoms with Crippen molar-refractivity contribution in [3.05, 3.63) is 93.8 Å². The van der Waals surface area contributed by atoms with Gasteiger partial charge in [0, 0.05) is 12.6 Å². The summed E-state index contributed by atoms with van der Waals surface area (Å²) in [4.78, 5) is 44.9. The average Bonchev–Trinajstić information content (AvgIpc) is 3.32. The minimum Gasteiger partial charge on any atom is -0.478 e. The highest BCUT2D eigenvalue weighted by Gasteiger charge is 2.20. The van der Waals surface area contributed by atoms with Crippen LogP contribution in [0.3, 0.4) is 0 Å². The van der Waals surface area contributed by atoms with Gasteiger partial charge in [0.25, 0.3) is 17.6 Å². The molecule has 4 rings (SSSR count). The van der Waals surface area contributed by atoms with Gasteiger partial charge in [-0.2, -0.15) is 14.6 Å². The predicted molar refractivity (Wildman–Crippen MR) is 123 cm³/mol. The molecule has 0 saturated carbocycles.